The van der Waals surface area contributed by atoms with E-state index < -0.39 is 5.97 Å². The molecule has 4 rings (SSSR count). The van der Waals surface area contributed by atoms with Crippen LogP contribution < -0.4 is 10.2 Å². The summed E-state index contributed by atoms with van der Waals surface area (Å²) < 4.78 is 5.08. The van der Waals surface area contributed by atoms with Crippen LogP contribution in [-0.4, -0.2) is 40.9 Å². The van der Waals surface area contributed by atoms with Crippen molar-refractivity contribution in [1.29, 1.82) is 0 Å². The van der Waals surface area contributed by atoms with Crippen LogP contribution in [0.2, 0.25) is 0 Å². The van der Waals surface area contributed by atoms with E-state index >= 15 is 0 Å². The number of aryl methyl sites for hydroxylation is 1. The van der Waals surface area contributed by atoms with Gasteiger partial charge in [0.25, 0.3) is 5.91 Å². The zero-order valence-corrected chi connectivity index (χ0v) is 23.4. The lowest BCUT2D eigenvalue weighted by Crippen LogP contribution is -2.42. The maximum Gasteiger partial charge on any atom is 0.350 e. The highest BCUT2D eigenvalue weighted by atomic mass is 32.1. The number of pyridine rings is 1. The normalized spacial score (nSPS) is 17.5. The number of nitrogens with zero attached hydrogens (tertiary/aromatic N) is 3. The van der Waals surface area contributed by atoms with E-state index in [1.807, 2.05) is 32.9 Å². The number of aromatic nitrogens is 2. The van der Waals surface area contributed by atoms with Crippen molar-refractivity contribution in [2.24, 2.45) is 11.8 Å². The molecule has 3 heterocycles. The summed E-state index contributed by atoms with van der Waals surface area (Å²) in [6.45, 7) is 8.02. The number of amides is 2. The van der Waals surface area contributed by atoms with E-state index in [-0.39, 0.29) is 23.8 Å². The minimum atomic E-state index is -0.473. The van der Waals surface area contributed by atoms with Crippen molar-refractivity contribution in [1.82, 2.24) is 9.97 Å². The predicted octanol–water partition coefficient (Wildman–Crippen LogP) is 6.18. The molecule has 0 bridgehead atoms. The number of rotatable bonds is 7. The summed E-state index contributed by atoms with van der Waals surface area (Å²) in [4.78, 5) is 50.3. The van der Waals surface area contributed by atoms with Gasteiger partial charge in [0.05, 0.1) is 18.3 Å². The molecule has 8 nitrogen and oxygen atoms in total. The van der Waals surface area contributed by atoms with E-state index in [1.165, 1.54) is 29.8 Å². The third-order valence-corrected chi connectivity index (χ3v) is 8.46. The van der Waals surface area contributed by atoms with E-state index in [1.54, 1.807) is 22.0 Å². The first-order valence-corrected chi connectivity index (χ1v) is 14.2. The molecule has 1 aliphatic carbocycles. The summed E-state index contributed by atoms with van der Waals surface area (Å²) in [5.41, 5.74) is 4.07. The van der Waals surface area contributed by atoms with Gasteiger partial charge >= 0.3 is 5.97 Å². The number of nitrogens with one attached hydrogen (secondary N) is 1. The van der Waals surface area contributed by atoms with Gasteiger partial charge in [-0.1, -0.05) is 6.92 Å². The van der Waals surface area contributed by atoms with Crippen LogP contribution in [0, 0.1) is 18.8 Å². The Morgan fingerprint density at radius 1 is 1.14 bits per heavy atom. The van der Waals surface area contributed by atoms with Crippen LogP contribution >= 0.6 is 22.7 Å². The summed E-state index contributed by atoms with van der Waals surface area (Å²) in [7, 11) is 1.35. The van der Waals surface area contributed by atoms with Crippen LogP contribution in [-0.2, 0) is 9.53 Å². The van der Waals surface area contributed by atoms with Gasteiger partial charge in [0.15, 0.2) is 0 Å². The lowest BCUT2D eigenvalue weighted by molar-refractivity contribution is -0.123. The summed E-state index contributed by atoms with van der Waals surface area (Å²) in [5, 5.41) is 4.47. The molecule has 0 radical (unpaired) electrons. The second-order valence-electron chi connectivity index (χ2n) is 9.79. The number of thiazole rings is 1. The Balaban J connectivity index is 1.65. The molecule has 0 spiro atoms. The van der Waals surface area contributed by atoms with Crippen molar-refractivity contribution in [3.63, 3.8) is 0 Å². The molecule has 1 aliphatic rings. The monoisotopic (exact) mass is 540 g/mol. The molecule has 2 amide bonds. The van der Waals surface area contributed by atoms with E-state index in [2.05, 4.69) is 22.2 Å². The zero-order valence-electron chi connectivity index (χ0n) is 21.7. The lowest BCUT2D eigenvalue weighted by Gasteiger charge is -2.33. The molecule has 1 saturated carbocycles. The highest BCUT2D eigenvalue weighted by molar-refractivity contribution is 7.18. The van der Waals surface area contributed by atoms with Gasteiger partial charge in [0.2, 0.25) is 5.91 Å². The first kappa shape index (κ1) is 26.9. The first-order chi connectivity index (χ1) is 17.7. The van der Waals surface area contributed by atoms with Crippen molar-refractivity contribution >= 4 is 52.0 Å². The molecule has 37 heavy (non-hydrogen) atoms. The van der Waals surface area contributed by atoms with Crippen LogP contribution in [0.15, 0.2) is 29.2 Å². The van der Waals surface area contributed by atoms with Crippen molar-refractivity contribution in [2.75, 3.05) is 17.3 Å². The highest BCUT2D eigenvalue weighted by Crippen LogP contribution is 2.40. The second kappa shape index (κ2) is 11.5. The standard InChI is InChI=1S/C27H32N4O4S2/c1-15(2)31(26(33)18-8-6-16(3)7-9-18)21-11-22(37-23(21)27(34)35-5)19-10-17(4)24(28-12-19)30-25(32)20-13-36-14-29-20/h10-16,18H,6-9H2,1-5H3,(H,28,30,32)/t16-,18-. The number of hydrogen-bond acceptors (Lipinski definition) is 8. The van der Waals surface area contributed by atoms with Gasteiger partial charge in [-0.2, -0.15) is 0 Å². The maximum atomic E-state index is 13.7. The van der Waals surface area contributed by atoms with Gasteiger partial charge in [-0.3, -0.25) is 9.59 Å². The Kier molecular flexibility index (Phi) is 8.39. The molecule has 0 aromatic carbocycles. The molecular formula is C27H32N4O4S2. The van der Waals surface area contributed by atoms with Gasteiger partial charge in [-0.05, 0) is 70.1 Å². The fraction of sp³-hybridized carbons (Fsp3) is 0.444. The lowest BCUT2D eigenvalue weighted by atomic mass is 9.82. The Labute approximate surface area is 225 Å². The van der Waals surface area contributed by atoms with Gasteiger partial charge in [-0.15, -0.1) is 22.7 Å². The fourth-order valence-corrected chi connectivity index (χ4v) is 6.21. The fourth-order valence-electron chi connectivity index (χ4n) is 4.63. The molecule has 10 heteroatoms. The van der Waals surface area contributed by atoms with E-state index in [0.717, 1.165) is 41.7 Å². The van der Waals surface area contributed by atoms with Gasteiger partial charge in [-0.25, -0.2) is 14.8 Å². The second-order valence-corrected chi connectivity index (χ2v) is 11.6. The molecule has 0 atom stereocenters. The average Bonchev–Trinajstić information content (AvgIpc) is 3.56. The number of ether oxygens (including phenoxy) is 1. The van der Waals surface area contributed by atoms with Gasteiger partial charge < -0.3 is 15.0 Å². The average molecular weight is 541 g/mol. The van der Waals surface area contributed by atoms with Crippen molar-refractivity contribution in [3.05, 3.63) is 45.4 Å². The SMILES string of the molecule is COC(=O)c1sc(-c2cnc(NC(=O)c3cscn3)c(C)c2)cc1N(C(=O)[C@H]1CC[C@H](C)CC1)C(C)C. The van der Waals surface area contributed by atoms with Crippen LogP contribution in [0.4, 0.5) is 11.5 Å². The number of methoxy groups -OCH3 is 1. The van der Waals surface area contributed by atoms with Gasteiger partial charge in [0, 0.05) is 34.0 Å². The van der Waals surface area contributed by atoms with Crippen molar-refractivity contribution < 1.29 is 19.1 Å². The highest BCUT2D eigenvalue weighted by Gasteiger charge is 2.33. The van der Waals surface area contributed by atoms with Crippen molar-refractivity contribution in [2.45, 2.75) is 59.4 Å². The number of thiophene rings is 1. The zero-order chi connectivity index (χ0) is 26.7. The first-order valence-electron chi connectivity index (χ1n) is 12.4. The molecule has 0 unspecified atom stereocenters. The van der Waals surface area contributed by atoms with Crippen LogP contribution in [0.3, 0.4) is 0 Å². The summed E-state index contributed by atoms with van der Waals surface area (Å²) in [6, 6.07) is 3.66. The molecule has 3 aromatic rings. The number of carbonyl (C=O) groups excluding carboxylic acids is 3. The van der Waals surface area contributed by atoms with Crippen LogP contribution in [0.5, 0.6) is 0 Å². The Morgan fingerprint density at radius 2 is 1.86 bits per heavy atom. The molecule has 196 valence electrons. The number of anilines is 2. The Bertz CT molecular complexity index is 1280. The van der Waals surface area contributed by atoms with E-state index in [0.29, 0.717) is 28.0 Å². The Morgan fingerprint density at radius 3 is 2.46 bits per heavy atom. The van der Waals surface area contributed by atoms with Gasteiger partial charge in [0.1, 0.15) is 16.4 Å². The molecule has 0 saturated heterocycles. The number of esters is 1. The molecule has 1 N–H and O–H groups in total. The number of hydrogen-bond donors (Lipinski definition) is 1. The number of carbonyl (C=O) groups is 3. The maximum absolute atomic E-state index is 13.7. The molecule has 3 aromatic heterocycles. The summed E-state index contributed by atoms with van der Waals surface area (Å²) >= 11 is 2.63. The van der Waals surface area contributed by atoms with E-state index in [4.69, 9.17) is 4.74 Å². The van der Waals surface area contributed by atoms with Crippen molar-refractivity contribution in [3.8, 4) is 10.4 Å². The summed E-state index contributed by atoms with van der Waals surface area (Å²) in [6.07, 6.45) is 5.47. The molecular weight excluding hydrogens is 508 g/mol. The van der Waals surface area contributed by atoms with E-state index in [9.17, 15) is 14.4 Å². The molecule has 0 aliphatic heterocycles. The van der Waals surface area contributed by atoms with Crippen LogP contribution in [0.25, 0.3) is 10.4 Å². The smallest absolute Gasteiger partial charge is 0.350 e. The van der Waals surface area contributed by atoms with Crippen LogP contribution in [0.1, 0.15) is 72.2 Å². The minimum Gasteiger partial charge on any atom is -0.465 e. The minimum absolute atomic E-state index is 0.0445. The Hall–Kier alpha value is -3.11. The third kappa shape index (κ3) is 5.91. The largest absolute Gasteiger partial charge is 0.465 e. The predicted molar refractivity (Wildman–Crippen MR) is 147 cm³/mol. The quantitative estimate of drug-likeness (QED) is 0.359. The summed E-state index contributed by atoms with van der Waals surface area (Å²) in [5.74, 6) is 0.304. The third-order valence-electron chi connectivity index (χ3n) is 6.72. The topological polar surface area (TPSA) is 101 Å². The molecule has 1 fully saturated rings.